The number of ether oxygens (including phenoxy) is 2. The molecular weight excluding hydrogens is 256 g/mol. The number of nitrogens with zero attached hydrogens (tertiary/aromatic N) is 3. The number of hydrogen-bond acceptors (Lipinski definition) is 8. The third-order valence-corrected chi connectivity index (χ3v) is 2.66. The Kier molecular flexibility index (Phi) is 6.20. The minimum absolute atomic E-state index is 0.108. The highest BCUT2D eigenvalue weighted by atomic mass is 32.2. The monoisotopic (exact) mass is 272 g/mol. The van der Waals surface area contributed by atoms with Crippen molar-refractivity contribution in [2.24, 2.45) is 0 Å². The van der Waals surface area contributed by atoms with Gasteiger partial charge < -0.3 is 15.2 Å². The number of carbonyl (C=O) groups excluding carboxylic acids is 1. The van der Waals surface area contributed by atoms with Gasteiger partial charge in [0.2, 0.25) is 5.95 Å². The Morgan fingerprint density at radius 3 is 2.83 bits per heavy atom. The molecule has 0 aliphatic carbocycles. The summed E-state index contributed by atoms with van der Waals surface area (Å²) in [7, 11) is 1.35. The summed E-state index contributed by atoms with van der Waals surface area (Å²) in [5.74, 6) is 0.354. The van der Waals surface area contributed by atoms with E-state index in [0.29, 0.717) is 17.5 Å². The molecule has 0 radical (unpaired) electrons. The number of nitrogens with two attached hydrogens (primary N) is 1. The number of aromatic nitrogens is 3. The summed E-state index contributed by atoms with van der Waals surface area (Å²) in [4.78, 5) is 22.8. The van der Waals surface area contributed by atoms with E-state index in [1.54, 1.807) is 0 Å². The van der Waals surface area contributed by atoms with Gasteiger partial charge in [0.1, 0.15) is 0 Å². The first-order valence-electron chi connectivity index (χ1n) is 5.49. The van der Waals surface area contributed by atoms with E-state index >= 15 is 0 Å². The van der Waals surface area contributed by atoms with E-state index < -0.39 is 0 Å². The molecule has 0 fully saturated rings. The Hall–Kier alpha value is -1.57. The van der Waals surface area contributed by atoms with E-state index in [1.165, 1.54) is 18.9 Å². The predicted molar refractivity (Wildman–Crippen MR) is 67.4 cm³/mol. The lowest BCUT2D eigenvalue weighted by Gasteiger charge is -2.05. The van der Waals surface area contributed by atoms with Crippen LogP contribution in [0.4, 0.5) is 5.95 Å². The first kappa shape index (κ1) is 14.5. The van der Waals surface area contributed by atoms with Gasteiger partial charge in [-0.1, -0.05) is 18.7 Å². The van der Waals surface area contributed by atoms with Crippen LogP contribution in [-0.4, -0.2) is 40.4 Å². The normalized spacial score (nSPS) is 10.1. The zero-order valence-electron chi connectivity index (χ0n) is 10.4. The van der Waals surface area contributed by atoms with Gasteiger partial charge in [0.15, 0.2) is 5.16 Å². The van der Waals surface area contributed by atoms with Gasteiger partial charge in [0.25, 0.3) is 0 Å². The lowest BCUT2D eigenvalue weighted by atomic mass is 10.5. The summed E-state index contributed by atoms with van der Waals surface area (Å²) >= 11 is 1.30. The topological polar surface area (TPSA) is 100 Å². The number of carbonyl (C=O) groups is 1. The number of nitrogen functional groups attached to an aromatic ring is 1. The third-order valence-electron chi connectivity index (χ3n) is 1.81. The van der Waals surface area contributed by atoms with E-state index in [2.05, 4.69) is 19.7 Å². The fourth-order valence-corrected chi connectivity index (χ4v) is 1.75. The van der Waals surface area contributed by atoms with Gasteiger partial charge in [-0.3, -0.25) is 4.79 Å². The Morgan fingerprint density at radius 2 is 2.17 bits per heavy atom. The van der Waals surface area contributed by atoms with Crippen LogP contribution < -0.4 is 10.5 Å². The number of esters is 1. The van der Waals surface area contributed by atoms with E-state index in [4.69, 9.17) is 10.5 Å². The second-order valence-electron chi connectivity index (χ2n) is 3.28. The average molecular weight is 272 g/mol. The van der Waals surface area contributed by atoms with Gasteiger partial charge in [-0.05, 0) is 6.42 Å². The molecule has 8 heteroatoms. The van der Waals surface area contributed by atoms with Crippen LogP contribution in [0.5, 0.6) is 6.01 Å². The minimum atomic E-state index is -0.271. The summed E-state index contributed by atoms with van der Waals surface area (Å²) in [6.07, 6.45) is 1.15. The third kappa shape index (κ3) is 5.17. The number of anilines is 1. The highest BCUT2D eigenvalue weighted by molar-refractivity contribution is 7.99. The molecule has 0 atom stereocenters. The van der Waals surface area contributed by atoms with Gasteiger partial charge in [-0.2, -0.15) is 15.0 Å². The molecule has 0 saturated carbocycles. The highest BCUT2D eigenvalue weighted by Crippen LogP contribution is 2.17. The van der Waals surface area contributed by atoms with Gasteiger partial charge in [-0.25, -0.2) is 0 Å². The molecule has 0 aliphatic heterocycles. The average Bonchev–Trinajstić information content (AvgIpc) is 2.35. The lowest BCUT2D eigenvalue weighted by molar-refractivity contribution is -0.140. The zero-order chi connectivity index (χ0) is 13.4. The van der Waals surface area contributed by atoms with E-state index in [0.717, 1.165) is 6.42 Å². The van der Waals surface area contributed by atoms with Crippen LogP contribution in [0.1, 0.15) is 19.8 Å². The first-order valence-corrected chi connectivity index (χ1v) is 6.48. The van der Waals surface area contributed by atoms with Gasteiger partial charge >= 0.3 is 12.0 Å². The molecule has 1 heterocycles. The standard InChI is InChI=1S/C10H16N4O3S/c1-3-5-17-9-12-8(11)13-10(14-9)18-6-4-7(15)16-2/h3-6H2,1-2H3,(H2,11,12,13,14). The summed E-state index contributed by atoms with van der Waals surface area (Å²) in [6.45, 7) is 2.51. The largest absolute Gasteiger partial charge is 0.469 e. The van der Waals surface area contributed by atoms with Crippen LogP contribution in [0.3, 0.4) is 0 Å². The molecule has 7 nitrogen and oxygen atoms in total. The highest BCUT2D eigenvalue weighted by Gasteiger charge is 2.07. The van der Waals surface area contributed by atoms with E-state index in [9.17, 15) is 4.79 Å². The van der Waals surface area contributed by atoms with Gasteiger partial charge in [0, 0.05) is 5.75 Å². The van der Waals surface area contributed by atoms with Crippen molar-refractivity contribution >= 4 is 23.7 Å². The number of thioether (sulfide) groups is 1. The van der Waals surface area contributed by atoms with Crippen molar-refractivity contribution in [1.82, 2.24) is 15.0 Å². The lowest BCUT2D eigenvalue weighted by Crippen LogP contribution is -2.06. The van der Waals surface area contributed by atoms with Crippen molar-refractivity contribution in [3.8, 4) is 6.01 Å². The summed E-state index contributed by atoms with van der Waals surface area (Å²) in [5.41, 5.74) is 5.54. The maximum Gasteiger partial charge on any atom is 0.322 e. The molecule has 0 aliphatic rings. The first-order chi connectivity index (χ1) is 8.65. The van der Waals surface area contributed by atoms with Crippen molar-refractivity contribution in [2.45, 2.75) is 24.9 Å². The van der Waals surface area contributed by atoms with Crippen LogP contribution in [0.15, 0.2) is 5.16 Å². The van der Waals surface area contributed by atoms with Crippen molar-refractivity contribution in [1.29, 1.82) is 0 Å². The smallest absolute Gasteiger partial charge is 0.322 e. The van der Waals surface area contributed by atoms with E-state index in [1.807, 2.05) is 6.92 Å². The molecule has 2 N–H and O–H groups in total. The molecule has 1 rings (SSSR count). The van der Waals surface area contributed by atoms with Crippen LogP contribution in [0.25, 0.3) is 0 Å². The molecule has 1 aromatic heterocycles. The summed E-state index contributed by atoms with van der Waals surface area (Å²) in [6, 6.07) is 0.213. The number of methoxy groups -OCH3 is 1. The molecule has 0 spiro atoms. The summed E-state index contributed by atoms with van der Waals surface area (Å²) < 4.78 is 9.81. The quantitative estimate of drug-likeness (QED) is 0.577. The second-order valence-corrected chi connectivity index (χ2v) is 4.34. The molecule has 18 heavy (non-hydrogen) atoms. The Bertz CT molecular complexity index is 403. The molecule has 0 saturated heterocycles. The molecule has 0 aromatic carbocycles. The number of hydrogen-bond donors (Lipinski definition) is 1. The fourth-order valence-electron chi connectivity index (χ4n) is 1.00. The SMILES string of the molecule is CCCOc1nc(N)nc(SCCC(=O)OC)n1. The maximum atomic E-state index is 10.9. The predicted octanol–water partition coefficient (Wildman–Crippen LogP) is 0.898. The Balaban J connectivity index is 2.54. The Labute approximate surface area is 109 Å². The maximum absolute atomic E-state index is 10.9. The van der Waals surface area contributed by atoms with Crippen molar-refractivity contribution in [3.05, 3.63) is 0 Å². The van der Waals surface area contributed by atoms with Crippen LogP contribution in [-0.2, 0) is 9.53 Å². The fraction of sp³-hybridized carbons (Fsp3) is 0.600. The molecule has 0 unspecified atom stereocenters. The van der Waals surface area contributed by atoms with E-state index in [-0.39, 0.29) is 24.3 Å². The van der Waals surface area contributed by atoms with Crippen LogP contribution >= 0.6 is 11.8 Å². The van der Waals surface area contributed by atoms with Crippen molar-refractivity contribution in [3.63, 3.8) is 0 Å². The molecule has 1 aromatic rings. The molecule has 0 bridgehead atoms. The molecule has 0 amide bonds. The van der Waals surface area contributed by atoms with Gasteiger partial charge in [0.05, 0.1) is 20.1 Å². The molecule has 100 valence electrons. The minimum Gasteiger partial charge on any atom is -0.469 e. The van der Waals surface area contributed by atoms with Crippen LogP contribution in [0, 0.1) is 0 Å². The van der Waals surface area contributed by atoms with Crippen LogP contribution in [0.2, 0.25) is 0 Å². The summed E-state index contributed by atoms with van der Waals surface area (Å²) in [5, 5.41) is 0.442. The molecular formula is C10H16N4O3S. The second kappa shape index (κ2) is 7.70. The van der Waals surface area contributed by atoms with Crippen molar-refractivity contribution in [2.75, 3.05) is 25.2 Å². The number of rotatable bonds is 7. The van der Waals surface area contributed by atoms with Crippen molar-refractivity contribution < 1.29 is 14.3 Å². The van der Waals surface area contributed by atoms with Gasteiger partial charge in [-0.15, -0.1) is 0 Å². The Morgan fingerprint density at radius 1 is 1.39 bits per heavy atom. The zero-order valence-corrected chi connectivity index (χ0v) is 11.2.